The number of aryl methyl sites for hydroxylation is 1. The molecule has 0 aliphatic carbocycles. The molecule has 1 aromatic carbocycles. The van der Waals surface area contributed by atoms with Crippen LogP contribution in [-0.4, -0.2) is 29.4 Å². The van der Waals surface area contributed by atoms with Crippen LogP contribution in [0.3, 0.4) is 0 Å². The monoisotopic (exact) mass is 431 g/mol. The number of alkyl halides is 3. The van der Waals surface area contributed by atoms with Crippen molar-refractivity contribution in [2.45, 2.75) is 31.5 Å². The predicted molar refractivity (Wildman–Crippen MR) is 97.1 cm³/mol. The molecule has 3 aromatic rings. The first-order valence-electron chi connectivity index (χ1n) is 8.18. The maximum absolute atomic E-state index is 12.8. The maximum Gasteiger partial charge on any atom is 0.471 e. The lowest BCUT2D eigenvalue weighted by Crippen LogP contribution is -2.30. The van der Waals surface area contributed by atoms with E-state index in [2.05, 4.69) is 14.7 Å². The molecule has 0 aliphatic heterocycles. The lowest BCUT2D eigenvalue weighted by atomic mass is 10.2. The smallest absolute Gasteiger partial charge is 0.329 e. The van der Waals surface area contributed by atoms with Crippen molar-refractivity contribution in [1.82, 2.24) is 14.4 Å². The Morgan fingerprint density at radius 3 is 2.39 bits per heavy atom. The summed E-state index contributed by atoms with van der Waals surface area (Å²) in [6, 6.07) is 9.71. The number of thiophene rings is 1. The minimum Gasteiger partial charge on any atom is -0.329 e. The molecule has 0 radical (unpaired) electrons. The van der Waals surface area contributed by atoms with E-state index in [1.54, 1.807) is 37.3 Å². The van der Waals surface area contributed by atoms with Gasteiger partial charge in [-0.05, 0) is 31.2 Å². The molecular formula is C17H16F3N3O3S2. The Morgan fingerprint density at radius 2 is 1.82 bits per heavy atom. The van der Waals surface area contributed by atoms with Crippen LogP contribution in [-0.2, 0) is 22.7 Å². The van der Waals surface area contributed by atoms with Gasteiger partial charge in [-0.3, -0.25) is 0 Å². The van der Waals surface area contributed by atoms with Gasteiger partial charge in [0.1, 0.15) is 0 Å². The molecule has 0 N–H and O–H groups in total. The van der Waals surface area contributed by atoms with Crippen LogP contribution < -0.4 is 0 Å². The lowest BCUT2D eigenvalue weighted by molar-refractivity contribution is -0.159. The molecule has 0 amide bonds. The molecule has 0 bridgehead atoms. The van der Waals surface area contributed by atoms with Gasteiger partial charge in [0.25, 0.3) is 0 Å². The van der Waals surface area contributed by atoms with Crippen molar-refractivity contribution in [3.8, 4) is 10.7 Å². The number of hydrogen-bond donors (Lipinski definition) is 0. The minimum atomic E-state index is -4.72. The van der Waals surface area contributed by atoms with Gasteiger partial charge in [-0.25, -0.2) is 8.42 Å². The molecule has 6 nitrogen and oxygen atoms in total. The van der Waals surface area contributed by atoms with Crippen LogP contribution in [0, 0.1) is 6.92 Å². The Morgan fingerprint density at radius 1 is 1.14 bits per heavy atom. The second-order valence-electron chi connectivity index (χ2n) is 5.93. The number of nitrogens with zero attached hydrogens (tertiary/aromatic N) is 3. The van der Waals surface area contributed by atoms with Crippen LogP contribution in [0.15, 0.2) is 45.8 Å². The molecule has 3 rings (SSSR count). The van der Waals surface area contributed by atoms with Crippen molar-refractivity contribution in [2.75, 3.05) is 6.54 Å². The highest BCUT2D eigenvalue weighted by atomic mass is 32.2. The Balaban J connectivity index is 1.81. The van der Waals surface area contributed by atoms with Crippen LogP contribution in [0.4, 0.5) is 13.2 Å². The van der Waals surface area contributed by atoms with E-state index in [1.807, 2.05) is 6.92 Å². The Hall–Kier alpha value is -2.24. The highest BCUT2D eigenvalue weighted by Gasteiger charge is 2.38. The molecule has 0 aliphatic rings. The molecule has 0 unspecified atom stereocenters. The summed E-state index contributed by atoms with van der Waals surface area (Å²) >= 11 is 1.11. The summed E-state index contributed by atoms with van der Waals surface area (Å²) in [5.41, 5.74) is 0.947. The molecule has 0 atom stereocenters. The zero-order chi connectivity index (χ0) is 20.5. The number of benzene rings is 1. The van der Waals surface area contributed by atoms with Gasteiger partial charge in [-0.2, -0.15) is 22.5 Å². The fourth-order valence-corrected chi connectivity index (χ4v) is 4.88. The van der Waals surface area contributed by atoms with E-state index < -0.39 is 22.1 Å². The standard InChI is InChI=1S/C17H16F3N3O3S2/c1-3-23(28(24,25)13-7-4-11(2)5-8-13)10-12-6-9-14(27-12)15-21-16(26-22-15)17(18,19)20/h4-9H,3,10H2,1-2H3. The quantitative estimate of drug-likeness (QED) is 0.580. The topological polar surface area (TPSA) is 76.3 Å². The van der Waals surface area contributed by atoms with Crippen LogP contribution >= 0.6 is 11.3 Å². The minimum absolute atomic E-state index is 0.0847. The maximum atomic E-state index is 12.8. The van der Waals surface area contributed by atoms with Gasteiger partial charge in [-0.1, -0.05) is 29.8 Å². The fraction of sp³-hybridized carbons (Fsp3) is 0.294. The average Bonchev–Trinajstić information content (AvgIpc) is 3.28. The van der Waals surface area contributed by atoms with E-state index >= 15 is 0 Å². The van der Waals surface area contributed by atoms with Crippen molar-refractivity contribution in [3.05, 3.63) is 52.7 Å². The molecule has 150 valence electrons. The van der Waals surface area contributed by atoms with Gasteiger partial charge >= 0.3 is 12.1 Å². The Bertz CT molecular complexity index is 1060. The third-order valence-corrected chi connectivity index (χ3v) is 6.90. The molecule has 11 heteroatoms. The molecule has 2 heterocycles. The Kier molecular flexibility index (Phi) is 5.60. The van der Waals surface area contributed by atoms with Gasteiger partial charge < -0.3 is 4.52 Å². The molecule has 0 fully saturated rings. The fourth-order valence-electron chi connectivity index (χ4n) is 2.42. The summed E-state index contributed by atoms with van der Waals surface area (Å²) in [7, 11) is -3.70. The van der Waals surface area contributed by atoms with Crippen molar-refractivity contribution >= 4 is 21.4 Å². The molecule has 0 saturated heterocycles. The summed E-state index contributed by atoms with van der Waals surface area (Å²) in [6.45, 7) is 3.91. The van der Waals surface area contributed by atoms with E-state index in [0.29, 0.717) is 9.75 Å². The van der Waals surface area contributed by atoms with Crippen molar-refractivity contribution in [2.24, 2.45) is 0 Å². The van der Waals surface area contributed by atoms with Crippen LogP contribution in [0.1, 0.15) is 23.3 Å². The number of aromatic nitrogens is 2. The molecular weight excluding hydrogens is 415 g/mol. The first-order valence-corrected chi connectivity index (χ1v) is 10.4. The largest absolute Gasteiger partial charge is 0.471 e. The average molecular weight is 431 g/mol. The normalized spacial score (nSPS) is 12.6. The van der Waals surface area contributed by atoms with Crippen molar-refractivity contribution in [1.29, 1.82) is 0 Å². The highest BCUT2D eigenvalue weighted by Crippen LogP contribution is 2.32. The van der Waals surface area contributed by atoms with Crippen molar-refractivity contribution < 1.29 is 26.1 Å². The van der Waals surface area contributed by atoms with E-state index in [1.165, 1.54) is 10.4 Å². The second-order valence-corrected chi connectivity index (χ2v) is 9.04. The third kappa shape index (κ3) is 4.26. The van der Waals surface area contributed by atoms with E-state index in [-0.39, 0.29) is 23.8 Å². The zero-order valence-electron chi connectivity index (χ0n) is 14.9. The Labute approximate surface area is 163 Å². The second kappa shape index (κ2) is 7.64. The number of sulfonamides is 1. The summed E-state index contributed by atoms with van der Waals surface area (Å²) in [6.07, 6.45) is -4.72. The number of halogens is 3. The summed E-state index contributed by atoms with van der Waals surface area (Å²) in [5.74, 6) is -1.61. The van der Waals surface area contributed by atoms with E-state index in [9.17, 15) is 21.6 Å². The van der Waals surface area contributed by atoms with Crippen LogP contribution in [0.25, 0.3) is 10.7 Å². The molecule has 28 heavy (non-hydrogen) atoms. The molecule has 2 aromatic heterocycles. The summed E-state index contributed by atoms with van der Waals surface area (Å²) < 4.78 is 69.0. The number of hydrogen-bond acceptors (Lipinski definition) is 6. The van der Waals surface area contributed by atoms with Gasteiger partial charge in [-0.15, -0.1) is 11.3 Å². The SMILES string of the molecule is CCN(Cc1ccc(-c2noc(C(F)(F)F)n2)s1)S(=O)(=O)c1ccc(C)cc1. The number of rotatable bonds is 6. The lowest BCUT2D eigenvalue weighted by Gasteiger charge is -2.19. The predicted octanol–water partition coefficient (Wildman–Crippen LogP) is 4.34. The van der Waals surface area contributed by atoms with Crippen LogP contribution in [0.5, 0.6) is 0 Å². The van der Waals surface area contributed by atoms with Gasteiger partial charge in [0.2, 0.25) is 15.8 Å². The summed E-state index contributed by atoms with van der Waals surface area (Å²) in [5, 5.41) is 3.34. The first kappa shape index (κ1) is 20.5. The van der Waals surface area contributed by atoms with Crippen LogP contribution in [0.2, 0.25) is 0 Å². The third-order valence-electron chi connectivity index (χ3n) is 3.89. The van der Waals surface area contributed by atoms with Gasteiger partial charge in [0.05, 0.1) is 9.77 Å². The van der Waals surface area contributed by atoms with Gasteiger partial charge in [0.15, 0.2) is 0 Å². The molecule has 0 spiro atoms. The van der Waals surface area contributed by atoms with Crippen molar-refractivity contribution in [3.63, 3.8) is 0 Å². The highest BCUT2D eigenvalue weighted by molar-refractivity contribution is 7.89. The van der Waals surface area contributed by atoms with Gasteiger partial charge in [0, 0.05) is 18.0 Å². The first-order chi connectivity index (χ1) is 13.1. The summed E-state index contributed by atoms with van der Waals surface area (Å²) in [4.78, 5) is 4.53. The zero-order valence-corrected chi connectivity index (χ0v) is 16.5. The molecule has 0 saturated carbocycles. The van der Waals surface area contributed by atoms with E-state index in [4.69, 9.17) is 0 Å². The van der Waals surface area contributed by atoms with E-state index in [0.717, 1.165) is 16.9 Å².